The molecule has 0 atom stereocenters. The van der Waals surface area contributed by atoms with Crippen molar-refractivity contribution in [1.82, 2.24) is 25.5 Å². The lowest BCUT2D eigenvalue weighted by Crippen LogP contribution is -2.56. The fourth-order valence-electron chi connectivity index (χ4n) is 1.89. The predicted molar refractivity (Wildman–Crippen MR) is 57.4 cm³/mol. The fraction of sp³-hybridized carbons (Fsp3) is 0.700. The highest BCUT2D eigenvalue weighted by Crippen LogP contribution is 2.29. The lowest BCUT2D eigenvalue weighted by molar-refractivity contribution is -0.139. The van der Waals surface area contributed by atoms with Crippen molar-refractivity contribution in [3.05, 3.63) is 5.82 Å². The summed E-state index contributed by atoms with van der Waals surface area (Å²) in [7, 11) is 0. The van der Waals surface area contributed by atoms with E-state index in [1.165, 1.54) is 0 Å². The van der Waals surface area contributed by atoms with Crippen molar-refractivity contribution in [2.75, 3.05) is 13.1 Å². The largest absolute Gasteiger partial charge is 0.339 e. The van der Waals surface area contributed by atoms with E-state index in [0.29, 0.717) is 38.2 Å². The molecule has 1 N–H and O–H groups in total. The van der Waals surface area contributed by atoms with Gasteiger partial charge in [0.15, 0.2) is 5.82 Å². The van der Waals surface area contributed by atoms with E-state index in [4.69, 9.17) is 5.26 Å². The minimum absolute atomic E-state index is 0.0984. The third-order valence-corrected chi connectivity index (χ3v) is 2.88. The van der Waals surface area contributed by atoms with Gasteiger partial charge in [-0.2, -0.15) is 10.5 Å². The Morgan fingerprint density at radius 2 is 2.41 bits per heavy atom. The van der Waals surface area contributed by atoms with Crippen molar-refractivity contribution in [1.29, 1.82) is 5.26 Å². The Bertz CT molecular complexity index is 428. The summed E-state index contributed by atoms with van der Waals surface area (Å²) in [5.41, 5.74) is -0.344. The molecule has 0 spiro atoms. The van der Waals surface area contributed by atoms with Crippen LogP contribution in [-0.2, 0) is 11.2 Å². The second kappa shape index (κ2) is 4.49. The number of hydrogen-bond donors (Lipinski definition) is 1. The summed E-state index contributed by atoms with van der Waals surface area (Å²) < 4.78 is 0. The monoisotopic (exact) mass is 234 g/mol. The highest BCUT2D eigenvalue weighted by Gasteiger charge is 2.41. The van der Waals surface area contributed by atoms with Gasteiger partial charge >= 0.3 is 0 Å². The molecule has 0 aromatic carbocycles. The van der Waals surface area contributed by atoms with Gasteiger partial charge in [-0.15, -0.1) is 10.2 Å². The van der Waals surface area contributed by atoms with E-state index in [1.807, 2.05) is 6.92 Å². The second-order valence-electron chi connectivity index (χ2n) is 4.60. The van der Waals surface area contributed by atoms with Crippen molar-refractivity contribution >= 4 is 5.91 Å². The van der Waals surface area contributed by atoms with Gasteiger partial charge in [-0.1, -0.05) is 5.21 Å². The number of nitriles is 1. The number of hydrogen-bond acceptors (Lipinski definition) is 5. The van der Waals surface area contributed by atoms with Crippen LogP contribution in [0.15, 0.2) is 0 Å². The summed E-state index contributed by atoms with van der Waals surface area (Å²) in [5.74, 6) is 0.726. The van der Waals surface area contributed by atoms with Crippen LogP contribution in [0.2, 0.25) is 0 Å². The zero-order chi connectivity index (χ0) is 12.3. The Morgan fingerprint density at radius 1 is 1.65 bits per heavy atom. The molecule has 2 rings (SSSR count). The Hall–Kier alpha value is -1.97. The summed E-state index contributed by atoms with van der Waals surface area (Å²) in [6, 6.07) is 2.21. The molecule has 1 aromatic rings. The first-order valence-electron chi connectivity index (χ1n) is 5.54. The van der Waals surface area contributed by atoms with Crippen molar-refractivity contribution < 1.29 is 4.79 Å². The molecule has 0 bridgehead atoms. The summed E-state index contributed by atoms with van der Waals surface area (Å²) in [6.45, 7) is 2.96. The Labute approximate surface area is 98.8 Å². The zero-order valence-corrected chi connectivity index (χ0v) is 9.68. The van der Waals surface area contributed by atoms with Crippen LogP contribution >= 0.6 is 0 Å². The van der Waals surface area contributed by atoms with E-state index < -0.39 is 0 Å². The van der Waals surface area contributed by atoms with Crippen molar-refractivity contribution in [3.63, 3.8) is 0 Å². The molecule has 7 nitrogen and oxygen atoms in total. The first-order chi connectivity index (χ1) is 8.13. The quantitative estimate of drug-likeness (QED) is 0.784. The number of amides is 1. The number of tetrazole rings is 1. The molecule has 1 aliphatic rings. The molecule has 17 heavy (non-hydrogen) atoms. The number of aromatic nitrogens is 4. The summed E-state index contributed by atoms with van der Waals surface area (Å²) in [4.78, 5) is 13.4. The van der Waals surface area contributed by atoms with Crippen LogP contribution in [0, 0.1) is 16.7 Å². The van der Waals surface area contributed by atoms with Gasteiger partial charge < -0.3 is 4.90 Å². The lowest BCUT2D eigenvalue weighted by atomic mass is 9.83. The SMILES string of the molecule is CC1(C#N)CN(C(=O)CCCc2nn[nH]n2)C1. The number of likely N-dealkylation sites (tertiary alicyclic amines) is 1. The molecule has 1 amide bonds. The average molecular weight is 234 g/mol. The van der Waals surface area contributed by atoms with Gasteiger partial charge in [0.05, 0.1) is 11.5 Å². The maximum absolute atomic E-state index is 11.7. The minimum atomic E-state index is -0.344. The molecular formula is C10H14N6O. The van der Waals surface area contributed by atoms with Crippen LogP contribution in [0.1, 0.15) is 25.6 Å². The summed E-state index contributed by atoms with van der Waals surface area (Å²) >= 11 is 0. The number of rotatable bonds is 4. The molecule has 0 saturated carbocycles. The number of nitrogens with one attached hydrogen (secondary N) is 1. The van der Waals surface area contributed by atoms with Gasteiger partial charge in [-0.25, -0.2) is 0 Å². The van der Waals surface area contributed by atoms with Crippen LogP contribution in [0.3, 0.4) is 0 Å². The second-order valence-corrected chi connectivity index (χ2v) is 4.60. The van der Waals surface area contributed by atoms with Gasteiger partial charge in [0.2, 0.25) is 5.91 Å². The molecule has 2 heterocycles. The third kappa shape index (κ3) is 2.58. The van der Waals surface area contributed by atoms with Crippen LogP contribution in [0.5, 0.6) is 0 Å². The van der Waals surface area contributed by atoms with Crippen LogP contribution < -0.4 is 0 Å². The van der Waals surface area contributed by atoms with E-state index >= 15 is 0 Å². The molecule has 1 saturated heterocycles. The molecule has 1 aromatic heterocycles. The maximum Gasteiger partial charge on any atom is 0.222 e. The van der Waals surface area contributed by atoms with E-state index in [-0.39, 0.29) is 11.3 Å². The van der Waals surface area contributed by atoms with Crippen LogP contribution in [0.4, 0.5) is 0 Å². The van der Waals surface area contributed by atoms with E-state index in [0.717, 1.165) is 0 Å². The van der Waals surface area contributed by atoms with Gasteiger partial charge in [0, 0.05) is 25.9 Å². The number of carbonyl (C=O) groups excluding carboxylic acids is 1. The number of aryl methyl sites for hydroxylation is 1. The molecule has 7 heteroatoms. The minimum Gasteiger partial charge on any atom is -0.339 e. The third-order valence-electron chi connectivity index (χ3n) is 2.88. The molecule has 0 radical (unpaired) electrons. The Morgan fingerprint density at radius 3 is 3.00 bits per heavy atom. The molecule has 0 aliphatic carbocycles. The normalized spacial score (nSPS) is 17.3. The molecule has 90 valence electrons. The lowest BCUT2D eigenvalue weighted by Gasteiger charge is -2.43. The van der Waals surface area contributed by atoms with Gasteiger partial charge in [0.25, 0.3) is 0 Å². The number of nitrogens with zero attached hydrogens (tertiary/aromatic N) is 5. The summed E-state index contributed by atoms with van der Waals surface area (Å²) in [5, 5.41) is 22.3. The first kappa shape index (κ1) is 11.5. The highest BCUT2D eigenvalue weighted by molar-refractivity contribution is 5.77. The summed E-state index contributed by atoms with van der Waals surface area (Å²) in [6.07, 6.45) is 1.82. The van der Waals surface area contributed by atoms with E-state index in [9.17, 15) is 4.79 Å². The van der Waals surface area contributed by atoms with E-state index in [2.05, 4.69) is 26.7 Å². The van der Waals surface area contributed by atoms with Gasteiger partial charge in [0.1, 0.15) is 0 Å². The molecule has 1 fully saturated rings. The molecule has 0 unspecified atom stereocenters. The van der Waals surface area contributed by atoms with Gasteiger partial charge in [-0.05, 0) is 13.3 Å². The molecular weight excluding hydrogens is 220 g/mol. The first-order valence-corrected chi connectivity index (χ1v) is 5.54. The standard InChI is InChI=1S/C10H14N6O/c1-10(5-11)6-16(7-10)9(17)4-2-3-8-12-14-15-13-8/h2-4,6-7H2,1H3,(H,12,13,14,15). The number of H-pyrrole nitrogens is 1. The topological polar surface area (TPSA) is 98.6 Å². The van der Waals surface area contributed by atoms with Crippen LogP contribution in [0.25, 0.3) is 0 Å². The fourth-order valence-corrected chi connectivity index (χ4v) is 1.89. The highest BCUT2D eigenvalue weighted by atomic mass is 16.2. The zero-order valence-electron chi connectivity index (χ0n) is 9.68. The van der Waals surface area contributed by atoms with Crippen LogP contribution in [-0.4, -0.2) is 44.5 Å². The number of aromatic amines is 1. The maximum atomic E-state index is 11.7. The molecule has 1 aliphatic heterocycles. The van der Waals surface area contributed by atoms with Crippen molar-refractivity contribution in [2.45, 2.75) is 26.2 Å². The number of carbonyl (C=O) groups is 1. The van der Waals surface area contributed by atoms with Crippen molar-refractivity contribution in [2.24, 2.45) is 5.41 Å². The average Bonchev–Trinajstić information content (AvgIpc) is 2.77. The van der Waals surface area contributed by atoms with Crippen molar-refractivity contribution in [3.8, 4) is 6.07 Å². The Kier molecular flexibility index (Phi) is 3.04. The Balaban J connectivity index is 1.68. The predicted octanol–water partition coefficient (Wildman–Crippen LogP) is -0.106. The van der Waals surface area contributed by atoms with E-state index in [1.54, 1.807) is 4.90 Å². The smallest absolute Gasteiger partial charge is 0.222 e. The van der Waals surface area contributed by atoms with Gasteiger partial charge in [-0.3, -0.25) is 4.79 Å².